The van der Waals surface area contributed by atoms with Crippen LogP contribution in [-0.4, -0.2) is 28.9 Å². The molecule has 2 aromatic rings. The molecular weight excluding hydrogens is 310 g/mol. The quantitative estimate of drug-likeness (QED) is 0.829. The number of aromatic nitrogens is 1. The highest BCUT2D eigenvalue weighted by Crippen LogP contribution is 2.29. The van der Waals surface area contributed by atoms with Crippen molar-refractivity contribution in [3.8, 4) is 11.5 Å². The summed E-state index contributed by atoms with van der Waals surface area (Å²) in [5, 5.41) is 0.619. The summed E-state index contributed by atoms with van der Waals surface area (Å²) < 4.78 is 32.1. The molecule has 0 amide bonds. The molecule has 0 spiro atoms. The van der Waals surface area contributed by atoms with Crippen LogP contribution in [0.3, 0.4) is 0 Å². The van der Waals surface area contributed by atoms with Crippen LogP contribution < -0.4 is 0 Å². The van der Waals surface area contributed by atoms with Gasteiger partial charge < -0.3 is 4.42 Å². The molecule has 0 unspecified atom stereocenters. The summed E-state index contributed by atoms with van der Waals surface area (Å²) in [6, 6.07) is 7.29. The highest BCUT2D eigenvalue weighted by Gasteiger charge is 2.34. The second-order valence-corrected chi connectivity index (χ2v) is 6.10. The van der Waals surface area contributed by atoms with E-state index in [4.69, 9.17) is 16.0 Å². The minimum absolute atomic E-state index is 0.0922. The molecule has 0 aliphatic carbocycles. The molecule has 0 N–H and O–H groups in total. The van der Waals surface area contributed by atoms with Crippen LogP contribution in [0.5, 0.6) is 0 Å². The van der Waals surface area contributed by atoms with E-state index in [1.807, 2.05) is 24.0 Å². The Bertz CT molecular complexity index is 662. The number of nitrogens with zero attached hydrogens (tertiary/aromatic N) is 2. The molecule has 1 aliphatic heterocycles. The summed E-state index contributed by atoms with van der Waals surface area (Å²) in [7, 11) is 0. The molecule has 118 valence electrons. The Morgan fingerprint density at radius 1 is 1.32 bits per heavy atom. The molecule has 1 aliphatic rings. The maximum absolute atomic E-state index is 13.2. The molecule has 2 heterocycles. The van der Waals surface area contributed by atoms with E-state index in [1.54, 1.807) is 12.1 Å². The molecule has 0 atom stereocenters. The van der Waals surface area contributed by atoms with Gasteiger partial charge in [-0.1, -0.05) is 17.7 Å². The molecule has 0 radical (unpaired) electrons. The van der Waals surface area contributed by atoms with Crippen LogP contribution in [0.15, 0.2) is 28.7 Å². The fourth-order valence-corrected chi connectivity index (χ4v) is 2.76. The highest BCUT2D eigenvalue weighted by atomic mass is 35.5. The number of likely N-dealkylation sites (tertiary alicyclic amines) is 1. The lowest BCUT2D eigenvalue weighted by molar-refractivity contribution is -0.0568. The minimum Gasteiger partial charge on any atom is -0.441 e. The third kappa shape index (κ3) is 3.47. The first kappa shape index (κ1) is 15.4. The zero-order chi connectivity index (χ0) is 15.7. The number of aryl methyl sites for hydroxylation is 1. The van der Waals surface area contributed by atoms with E-state index >= 15 is 0 Å². The molecule has 1 aromatic carbocycles. The molecule has 0 bridgehead atoms. The van der Waals surface area contributed by atoms with Crippen LogP contribution >= 0.6 is 11.6 Å². The van der Waals surface area contributed by atoms with Crippen molar-refractivity contribution in [3.63, 3.8) is 0 Å². The fraction of sp³-hybridized carbons (Fsp3) is 0.438. The van der Waals surface area contributed by atoms with E-state index in [-0.39, 0.29) is 12.8 Å². The highest BCUT2D eigenvalue weighted by molar-refractivity contribution is 6.30. The first-order valence-corrected chi connectivity index (χ1v) is 7.63. The van der Waals surface area contributed by atoms with Crippen LogP contribution in [0.25, 0.3) is 11.5 Å². The largest absolute Gasteiger partial charge is 0.441 e. The molecular formula is C16H17ClF2N2O. The van der Waals surface area contributed by atoms with Crippen molar-refractivity contribution in [1.29, 1.82) is 0 Å². The zero-order valence-corrected chi connectivity index (χ0v) is 13.0. The van der Waals surface area contributed by atoms with Gasteiger partial charge in [-0.25, -0.2) is 13.8 Å². The van der Waals surface area contributed by atoms with Gasteiger partial charge in [-0.05, 0) is 25.1 Å². The molecule has 3 nitrogen and oxygen atoms in total. The smallest absolute Gasteiger partial charge is 0.250 e. The van der Waals surface area contributed by atoms with E-state index in [0.717, 1.165) is 11.3 Å². The van der Waals surface area contributed by atoms with Crippen LogP contribution in [0.2, 0.25) is 5.02 Å². The number of halogens is 3. The maximum Gasteiger partial charge on any atom is 0.250 e. The van der Waals surface area contributed by atoms with Gasteiger partial charge in [0.2, 0.25) is 5.89 Å². The zero-order valence-electron chi connectivity index (χ0n) is 12.3. The van der Waals surface area contributed by atoms with Gasteiger partial charge in [0.25, 0.3) is 5.92 Å². The van der Waals surface area contributed by atoms with Crippen LogP contribution in [0.1, 0.15) is 24.3 Å². The molecule has 1 saturated heterocycles. The number of oxazole rings is 1. The van der Waals surface area contributed by atoms with Crippen LogP contribution in [0, 0.1) is 6.92 Å². The number of benzene rings is 1. The van der Waals surface area contributed by atoms with E-state index < -0.39 is 5.92 Å². The van der Waals surface area contributed by atoms with Gasteiger partial charge in [-0.3, -0.25) is 4.90 Å². The summed E-state index contributed by atoms with van der Waals surface area (Å²) in [5.74, 6) is -1.30. The first-order valence-electron chi connectivity index (χ1n) is 7.25. The Kier molecular flexibility index (Phi) is 4.19. The third-order valence-corrected chi connectivity index (χ3v) is 4.16. The lowest BCUT2D eigenvalue weighted by atomic mass is 10.1. The predicted molar refractivity (Wildman–Crippen MR) is 81.1 cm³/mol. The fourth-order valence-electron chi connectivity index (χ4n) is 2.57. The van der Waals surface area contributed by atoms with E-state index in [2.05, 4.69) is 4.98 Å². The van der Waals surface area contributed by atoms with Crippen molar-refractivity contribution in [2.24, 2.45) is 0 Å². The van der Waals surface area contributed by atoms with Crippen molar-refractivity contribution < 1.29 is 13.2 Å². The molecule has 22 heavy (non-hydrogen) atoms. The molecule has 1 fully saturated rings. The van der Waals surface area contributed by atoms with Gasteiger partial charge in [0.1, 0.15) is 5.76 Å². The Hall–Kier alpha value is -1.46. The van der Waals surface area contributed by atoms with Gasteiger partial charge in [-0.15, -0.1) is 0 Å². The second-order valence-electron chi connectivity index (χ2n) is 5.66. The van der Waals surface area contributed by atoms with E-state index in [1.165, 1.54) is 0 Å². The van der Waals surface area contributed by atoms with Gasteiger partial charge in [0.05, 0.1) is 5.69 Å². The van der Waals surface area contributed by atoms with Gasteiger partial charge in [-0.2, -0.15) is 0 Å². The second kappa shape index (κ2) is 5.97. The molecule has 1 aromatic heterocycles. The van der Waals surface area contributed by atoms with E-state index in [9.17, 15) is 8.78 Å². The summed E-state index contributed by atoms with van der Waals surface area (Å²) in [6.07, 6.45) is -0.184. The molecule has 0 saturated carbocycles. The lowest BCUT2D eigenvalue weighted by Gasteiger charge is -2.31. The van der Waals surface area contributed by atoms with Crippen molar-refractivity contribution in [3.05, 3.63) is 40.7 Å². The molecule has 6 heteroatoms. The van der Waals surface area contributed by atoms with Gasteiger partial charge >= 0.3 is 0 Å². The topological polar surface area (TPSA) is 29.3 Å². The Morgan fingerprint density at radius 2 is 2.05 bits per heavy atom. The maximum atomic E-state index is 13.2. The number of alkyl halides is 2. The number of hydrogen-bond donors (Lipinski definition) is 0. The number of hydrogen-bond acceptors (Lipinski definition) is 3. The average molecular weight is 327 g/mol. The van der Waals surface area contributed by atoms with Crippen molar-refractivity contribution >= 4 is 11.6 Å². The first-order chi connectivity index (χ1) is 10.4. The SMILES string of the molecule is Cc1oc(-c2cccc(Cl)c2)nc1CN1CCC(F)(F)CC1. The van der Waals surface area contributed by atoms with Crippen molar-refractivity contribution in [1.82, 2.24) is 9.88 Å². The molecule has 3 rings (SSSR count). The lowest BCUT2D eigenvalue weighted by Crippen LogP contribution is -2.39. The van der Waals surface area contributed by atoms with Gasteiger partial charge in [0.15, 0.2) is 0 Å². The Balaban J connectivity index is 1.73. The average Bonchev–Trinajstić information content (AvgIpc) is 2.83. The summed E-state index contributed by atoms with van der Waals surface area (Å²) >= 11 is 5.97. The normalized spacial score (nSPS) is 18.5. The Morgan fingerprint density at radius 3 is 2.73 bits per heavy atom. The van der Waals surface area contributed by atoms with Crippen molar-refractivity contribution in [2.75, 3.05) is 13.1 Å². The third-order valence-electron chi connectivity index (χ3n) is 3.93. The summed E-state index contributed by atoms with van der Waals surface area (Å²) in [4.78, 5) is 6.49. The monoisotopic (exact) mass is 326 g/mol. The van der Waals surface area contributed by atoms with Gasteiger partial charge in [0, 0.05) is 43.1 Å². The number of rotatable bonds is 3. The summed E-state index contributed by atoms with van der Waals surface area (Å²) in [5.41, 5.74) is 1.60. The van der Waals surface area contributed by atoms with Crippen LogP contribution in [-0.2, 0) is 6.54 Å². The standard InChI is InChI=1S/C16H17ClF2N2O/c1-11-14(10-21-7-5-16(18,19)6-8-21)20-15(22-11)12-3-2-4-13(17)9-12/h2-4,9H,5-8,10H2,1H3. The Labute approximate surface area is 132 Å². The minimum atomic E-state index is -2.53. The predicted octanol–water partition coefficient (Wildman–Crippen LogP) is 4.53. The van der Waals surface area contributed by atoms with Crippen LogP contribution in [0.4, 0.5) is 8.78 Å². The number of piperidine rings is 1. The van der Waals surface area contributed by atoms with E-state index in [0.29, 0.717) is 36.3 Å². The summed E-state index contributed by atoms with van der Waals surface area (Å²) in [6.45, 7) is 3.14. The van der Waals surface area contributed by atoms with Crippen molar-refractivity contribution in [2.45, 2.75) is 32.2 Å².